The first-order valence-electron chi connectivity index (χ1n) is 7.19. The van der Waals surface area contributed by atoms with Crippen LogP contribution in [0.3, 0.4) is 0 Å². The van der Waals surface area contributed by atoms with Crippen molar-refractivity contribution in [3.8, 4) is 5.75 Å². The molecule has 0 aromatic heterocycles. The van der Waals surface area contributed by atoms with Gasteiger partial charge >= 0.3 is 0 Å². The molecule has 1 amide bonds. The van der Waals surface area contributed by atoms with Gasteiger partial charge in [0.1, 0.15) is 11.6 Å². The van der Waals surface area contributed by atoms with Crippen LogP contribution in [0.2, 0.25) is 0 Å². The third-order valence-electron chi connectivity index (χ3n) is 3.15. The molecule has 1 rings (SSSR count). The van der Waals surface area contributed by atoms with Gasteiger partial charge in [0.05, 0.1) is 6.61 Å². The molecular weight excluding hydrogens is 274 g/mol. The Kier molecular flexibility index (Phi) is 8.12. The Bertz CT molecular complexity index is 392. The average molecular weight is 298 g/mol. The van der Waals surface area contributed by atoms with Gasteiger partial charge in [0, 0.05) is 13.6 Å². The number of carbonyl (C=O) groups is 1. The molecule has 0 N–H and O–H groups in total. The molecule has 4 heteroatoms. The number of carbonyl (C=O) groups excluding carboxylic acids is 1. The molecule has 0 atom stereocenters. The maximum atomic E-state index is 11.4. The SMILES string of the molecule is CCCCCCOc1ccc(CN(C)C(=O)CCl)cc1. The Morgan fingerprint density at radius 1 is 1.20 bits per heavy atom. The maximum absolute atomic E-state index is 11.4. The van der Waals surface area contributed by atoms with Crippen molar-refractivity contribution in [2.24, 2.45) is 0 Å². The molecule has 0 spiro atoms. The van der Waals surface area contributed by atoms with Gasteiger partial charge in [0.25, 0.3) is 0 Å². The molecule has 0 bridgehead atoms. The van der Waals surface area contributed by atoms with Gasteiger partial charge in [-0.2, -0.15) is 0 Å². The Morgan fingerprint density at radius 3 is 2.50 bits per heavy atom. The second-order valence-electron chi connectivity index (χ2n) is 4.94. The van der Waals surface area contributed by atoms with Crippen molar-refractivity contribution in [3.05, 3.63) is 29.8 Å². The van der Waals surface area contributed by atoms with E-state index in [0.717, 1.165) is 24.3 Å². The average Bonchev–Trinajstić information content (AvgIpc) is 2.47. The molecule has 0 heterocycles. The number of hydrogen-bond acceptors (Lipinski definition) is 2. The highest BCUT2D eigenvalue weighted by atomic mass is 35.5. The van der Waals surface area contributed by atoms with E-state index in [0.29, 0.717) is 6.54 Å². The zero-order chi connectivity index (χ0) is 14.8. The first-order chi connectivity index (χ1) is 9.67. The summed E-state index contributed by atoms with van der Waals surface area (Å²) in [5, 5.41) is 0. The fourth-order valence-corrected chi connectivity index (χ4v) is 2.08. The number of nitrogens with zero attached hydrogens (tertiary/aromatic N) is 1. The summed E-state index contributed by atoms with van der Waals surface area (Å²) in [4.78, 5) is 13.0. The molecule has 3 nitrogen and oxygen atoms in total. The molecule has 0 fully saturated rings. The number of amides is 1. The Morgan fingerprint density at radius 2 is 1.90 bits per heavy atom. The lowest BCUT2D eigenvalue weighted by atomic mass is 10.2. The molecule has 1 aromatic carbocycles. The smallest absolute Gasteiger partial charge is 0.237 e. The number of benzene rings is 1. The molecule has 0 radical (unpaired) electrons. The highest BCUT2D eigenvalue weighted by Crippen LogP contribution is 2.14. The molecule has 0 aliphatic heterocycles. The van der Waals surface area contributed by atoms with Crippen molar-refractivity contribution in [2.45, 2.75) is 39.2 Å². The van der Waals surface area contributed by atoms with Crippen LogP contribution >= 0.6 is 11.6 Å². The molecule has 0 aliphatic carbocycles. The normalized spacial score (nSPS) is 10.3. The number of hydrogen-bond donors (Lipinski definition) is 0. The van der Waals surface area contributed by atoms with Crippen LogP contribution in [-0.2, 0) is 11.3 Å². The van der Waals surface area contributed by atoms with Crippen LogP contribution < -0.4 is 4.74 Å². The van der Waals surface area contributed by atoms with Gasteiger partial charge in [-0.05, 0) is 24.1 Å². The molecule has 20 heavy (non-hydrogen) atoms. The summed E-state index contributed by atoms with van der Waals surface area (Å²) in [6.07, 6.45) is 4.83. The van der Waals surface area contributed by atoms with Gasteiger partial charge in [-0.3, -0.25) is 4.79 Å². The minimum absolute atomic E-state index is 0.0233. The third-order valence-corrected chi connectivity index (χ3v) is 3.38. The molecule has 0 saturated heterocycles. The number of ether oxygens (including phenoxy) is 1. The minimum Gasteiger partial charge on any atom is -0.494 e. The lowest BCUT2D eigenvalue weighted by Crippen LogP contribution is -2.26. The quantitative estimate of drug-likeness (QED) is 0.512. The maximum Gasteiger partial charge on any atom is 0.237 e. The third kappa shape index (κ3) is 6.29. The Hall–Kier alpha value is -1.22. The Balaban J connectivity index is 2.34. The van der Waals surface area contributed by atoms with Crippen LogP contribution in [0.5, 0.6) is 5.75 Å². The molecule has 0 saturated carbocycles. The van der Waals surface area contributed by atoms with Gasteiger partial charge in [-0.1, -0.05) is 38.3 Å². The lowest BCUT2D eigenvalue weighted by Gasteiger charge is -2.16. The Labute approximate surface area is 126 Å². The summed E-state index contributed by atoms with van der Waals surface area (Å²) < 4.78 is 5.68. The van der Waals surface area contributed by atoms with Gasteiger partial charge in [0.2, 0.25) is 5.91 Å². The van der Waals surface area contributed by atoms with E-state index in [-0.39, 0.29) is 11.8 Å². The van der Waals surface area contributed by atoms with Crippen LogP contribution in [0.15, 0.2) is 24.3 Å². The summed E-state index contributed by atoms with van der Waals surface area (Å²) in [6, 6.07) is 7.88. The topological polar surface area (TPSA) is 29.5 Å². The number of alkyl halides is 1. The zero-order valence-corrected chi connectivity index (χ0v) is 13.2. The van der Waals surface area contributed by atoms with Crippen molar-refractivity contribution >= 4 is 17.5 Å². The number of unbranched alkanes of at least 4 members (excludes halogenated alkanes) is 3. The fraction of sp³-hybridized carbons (Fsp3) is 0.562. The van der Waals surface area contributed by atoms with E-state index >= 15 is 0 Å². The highest BCUT2D eigenvalue weighted by molar-refractivity contribution is 6.27. The summed E-state index contributed by atoms with van der Waals surface area (Å²) in [7, 11) is 1.75. The fourth-order valence-electron chi connectivity index (χ4n) is 1.87. The van der Waals surface area contributed by atoms with E-state index in [4.69, 9.17) is 16.3 Å². The lowest BCUT2D eigenvalue weighted by molar-refractivity contribution is -0.127. The summed E-state index contributed by atoms with van der Waals surface area (Å²) >= 11 is 5.52. The second kappa shape index (κ2) is 9.65. The number of halogens is 1. The monoisotopic (exact) mass is 297 g/mol. The zero-order valence-electron chi connectivity index (χ0n) is 12.4. The van der Waals surface area contributed by atoms with Crippen molar-refractivity contribution in [2.75, 3.05) is 19.5 Å². The van der Waals surface area contributed by atoms with E-state index < -0.39 is 0 Å². The van der Waals surface area contributed by atoms with E-state index in [1.807, 2.05) is 24.3 Å². The van der Waals surface area contributed by atoms with Crippen LogP contribution in [0.1, 0.15) is 38.2 Å². The van der Waals surface area contributed by atoms with Gasteiger partial charge < -0.3 is 9.64 Å². The molecular formula is C16H24ClNO2. The van der Waals surface area contributed by atoms with Crippen molar-refractivity contribution in [1.29, 1.82) is 0 Å². The second-order valence-corrected chi connectivity index (χ2v) is 5.20. The summed E-state index contributed by atoms with van der Waals surface area (Å²) in [5.41, 5.74) is 1.07. The molecule has 112 valence electrons. The van der Waals surface area contributed by atoms with Crippen LogP contribution in [0, 0.1) is 0 Å². The highest BCUT2D eigenvalue weighted by Gasteiger charge is 2.07. The van der Waals surface area contributed by atoms with Crippen LogP contribution in [0.25, 0.3) is 0 Å². The van der Waals surface area contributed by atoms with E-state index in [2.05, 4.69) is 6.92 Å². The van der Waals surface area contributed by atoms with E-state index in [9.17, 15) is 4.79 Å². The van der Waals surface area contributed by atoms with Crippen molar-refractivity contribution < 1.29 is 9.53 Å². The van der Waals surface area contributed by atoms with E-state index in [1.54, 1.807) is 11.9 Å². The van der Waals surface area contributed by atoms with Gasteiger partial charge in [-0.15, -0.1) is 11.6 Å². The predicted octanol–water partition coefficient (Wildman–Crippen LogP) is 3.84. The summed E-state index contributed by atoms with van der Waals surface area (Å²) in [6.45, 7) is 3.54. The van der Waals surface area contributed by atoms with Crippen LogP contribution in [-0.4, -0.2) is 30.3 Å². The van der Waals surface area contributed by atoms with Gasteiger partial charge in [-0.25, -0.2) is 0 Å². The first-order valence-corrected chi connectivity index (χ1v) is 7.72. The largest absolute Gasteiger partial charge is 0.494 e. The standard InChI is InChI=1S/C16H24ClNO2/c1-3-4-5-6-11-20-15-9-7-14(8-10-15)13-18(2)16(19)12-17/h7-10H,3-6,11-13H2,1-2H3. The number of rotatable bonds is 9. The van der Waals surface area contributed by atoms with Gasteiger partial charge in [0.15, 0.2) is 0 Å². The summed E-state index contributed by atoms with van der Waals surface area (Å²) in [5.74, 6) is 0.842. The van der Waals surface area contributed by atoms with Crippen molar-refractivity contribution in [1.82, 2.24) is 4.90 Å². The van der Waals surface area contributed by atoms with Crippen molar-refractivity contribution in [3.63, 3.8) is 0 Å². The molecule has 0 unspecified atom stereocenters. The predicted molar refractivity (Wildman–Crippen MR) is 83.3 cm³/mol. The minimum atomic E-state index is -0.0667. The van der Waals surface area contributed by atoms with Crippen LogP contribution in [0.4, 0.5) is 0 Å². The van der Waals surface area contributed by atoms with E-state index in [1.165, 1.54) is 19.3 Å². The molecule has 0 aliphatic rings. The first kappa shape index (κ1) is 16.8. The molecule has 1 aromatic rings.